The maximum absolute atomic E-state index is 12.7. The van der Waals surface area contributed by atoms with E-state index in [0.29, 0.717) is 24.3 Å². The predicted molar refractivity (Wildman–Crippen MR) is 105 cm³/mol. The van der Waals surface area contributed by atoms with Gasteiger partial charge in [0.25, 0.3) is 5.91 Å². The molecule has 0 spiro atoms. The maximum atomic E-state index is 12.7. The molecule has 0 aliphatic heterocycles. The quantitative estimate of drug-likeness (QED) is 0.577. The van der Waals surface area contributed by atoms with Crippen LogP contribution in [0.5, 0.6) is 0 Å². The number of rotatable bonds is 8. The molecule has 1 aliphatic rings. The molecule has 0 heterocycles. The first kappa shape index (κ1) is 21.8. The molecule has 0 saturated heterocycles. The van der Waals surface area contributed by atoms with Crippen molar-refractivity contribution in [1.82, 2.24) is 5.32 Å². The summed E-state index contributed by atoms with van der Waals surface area (Å²) in [4.78, 5) is 35.8. The summed E-state index contributed by atoms with van der Waals surface area (Å²) >= 11 is 0. The van der Waals surface area contributed by atoms with Crippen LogP contribution in [0.25, 0.3) is 0 Å². The highest BCUT2D eigenvalue weighted by molar-refractivity contribution is 6.00. The molecule has 4 N–H and O–H groups in total. The summed E-state index contributed by atoms with van der Waals surface area (Å²) in [7, 11) is 1.30. The predicted octanol–water partition coefficient (Wildman–Crippen LogP) is 1.45. The Morgan fingerprint density at radius 3 is 2.39 bits per heavy atom. The van der Waals surface area contributed by atoms with Crippen LogP contribution in [0.2, 0.25) is 0 Å². The summed E-state index contributed by atoms with van der Waals surface area (Å²) in [5.41, 5.74) is 5.85. The topological polar surface area (TPSA) is 120 Å². The first-order valence-corrected chi connectivity index (χ1v) is 9.32. The van der Waals surface area contributed by atoms with Crippen molar-refractivity contribution in [1.29, 1.82) is 0 Å². The van der Waals surface area contributed by atoms with E-state index in [1.54, 1.807) is 24.3 Å². The Bertz CT molecular complexity index is 732. The molecule has 8 heteroatoms. The Morgan fingerprint density at radius 1 is 1.21 bits per heavy atom. The summed E-state index contributed by atoms with van der Waals surface area (Å²) < 4.78 is 10.2. The van der Waals surface area contributed by atoms with Crippen LogP contribution in [0.4, 0.5) is 5.69 Å². The van der Waals surface area contributed by atoms with Crippen LogP contribution in [0.3, 0.4) is 0 Å². The van der Waals surface area contributed by atoms with E-state index in [4.69, 9.17) is 10.5 Å². The molecule has 1 fully saturated rings. The molecule has 28 heavy (non-hydrogen) atoms. The van der Waals surface area contributed by atoms with Gasteiger partial charge in [-0.15, -0.1) is 0 Å². The van der Waals surface area contributed by atoms with Crippen molar-refractivity contribution in [3.8, 4) is 0 Å². The second-order valence-corrected chi connectivity index (χ2v) is 7.45. The number of amides is 2. The van der Waals surface area contributed by atoms with Crippen LogP contribution in [-0.4, -0.2) is 49.7 Å². The van der Waals surface area contributed by atoms with Gasteiger partial charge in [0.1, 0.15) is 5.54 Å². The first-order valence-electron chi connectivity index (χ1n) is 9.32. The maximum Gasteiger partial charge on any atom is 0.307 e. The fourth-order valence-electron chi connectivity index (χ4n) is 3.25. The molecule has 154 valence electrons. The summed E-state index contributed by atoms with van der Waals surface area (Å²) in [6, 6.07) is 6.48. The van der Waals surface area contributed by atoms with Gasteiger partial charge in [-0.25, -0.2) is 0 Å². The molecule has 1 aliphatic carbocycles. The number of carbonyl (C=O) groups excluding carboxylic acids is 3. The van der Waals surface area contributed by atoms with Crippen LogP contribution in [0.15, 0.2) is 24.3 Å². The Kier molecular flexibility index (Phi) is 6.79. The van der Waals surface area contributed by atoms with Crippen molar-refractivity contribution in [2.45, 2.75) is 45.3 Å². The van der Waals surface area contributed by atoms with Crippen LogP contribution in [0, 0.1) is 5.41 Å². The van der Waals surface area contributed by atoms with E-state index in [0.717, 1.165) is 0 Å². The summed E-state index contributed by atoms with van der Waals surface area (Å²) in [5.74, 6) is -0.972. The summed E-state index contributed by atoms with van der Waals surface area (Å²) in [6.07, 6.45) is 0.512. The number of anilines is 1. The van der Waals surface area contributed by atoms with Crippen LogP contribution < -0.4 is 16.4 Å². The molecule has 1 aromatic rings. The zero-order valence-electron chi connectivity index (χ0n) is 16.8. The third-order valence-corrected chi connectivity index (χ3v) is 5.48. The molecular formula is C20H29N3O5. The molecule has 2 atom stereocenters. The first-order chi connectivity index (χ1) is 13.2. The fourth-order valence-corrected chi connectivity index (χ4v) is 3.25. The van der Waals surface area contributed by atoms with E-state index in [1.807, 2.05) is 20.8 Å². The number of hydrogen-bond donors (Lipinski definition) is 3. The van der Waals surface area contributed by atoms with E-state index in [2.05, 4.69) is 15.4 Å². The van der Waals surface area contributed by atoms with Gasteiger partial charge in [0.05, 0.1) is 19.6 Å². The molecule has 1 saturated carbocycles. The number of benzene rings is 1. The highest BCUT2D eigenvalue weighted by atomic mass is 16.5. The zero-order valence-corrected chi connectivity index (χ0v) is 16.8. The number of carbonyl (C=O) groups is 3. The minimum absolute atomic E-state index is 0.0516. The van der Waals surface area contributed by atoms with Crippen LogP contribution in [-0.2, 0) is 19.1 Å². The van der Waals surface area contributed by atoms with Crippen molar-refractivity contribution in [3.63, 3.8) is 0 Å². The van der Waals surface area contributed by atoms with Crippen molar-refractivity contribution >= 4 is 23.5 Å². The van der Waals surface area contributed by atoms with E-state index in [-0.39, 0.29) is 36.9 Å². The zero-order chi connectivity index (χ0) is 20.9. The third kappa shape index (κ3) is 4.34. The Balaban J connectivity index is 1.93. The standard InChI is InChI=1S/C20H29N3O5/c1-5-28-15-12-20(21,19(15,2)3)18(26)23-14-8-6-13(7-9-14)17(25)22-11-10-16(24)27-4/h6-9,15H,5,10-12,21H2,1-4H3,(H,22,25)(H,23,26). The van der Waals surface area contributed by atoms with Gasteiger partial charge in [-0.3, -0.25) is 14.4 Å². The second kappa shape index (κ2) is 8.70. The Morgan fingerprint density at radius 2 is 1.86 bits per heavy atom. The van der Waals surface area contributed by atoms with Gasteiger partial charge in [0.15, 0.2) is 0 Å². The molecule has 1 aromatic carbocycles. The smallest absolute Gasteiger partial charge is 0.307 e. The van der Waals surface area contributed by atoms with Gasteiger partial charge in [-0.2, -0.15) is 0 Å². The molecule has 0 aromatic heterocycles. The minimum Gasteiger partial charge on any atom is -0.469 e. The number of nitrogens with two attached hydrogens (primary N) is 1. The number of hydrogen-bond acceptors (Lipinski definition) is 6. The summed E-state index contributed by atoms with van der Waals surface area (Å²) in [6.45, 7) is 6.54. The second-order valence-electron chi connectivity index (χ2n) is 7.45. The van der Waals surface area contributed by atoms with Gasteiger partial charge < -0.3 is 25.8 Å². The van der Waals surface area contributed by atoms with E-state index in [1.165, 1.54) is 7.11 Å². The fraction of sp³-hybridized carbons (Fsp3) is 0.550. The third-order valence-electron chi connectivity index (χ3n) is 5.48. The molecule has 2 rings (SSSR count). The van der Waals surface area contributed by atoms with E-state index in [9.17, 15) is 14.4 Å². The van der Waals surface area contributed by atoms with Gasteiger partial charge in [0.2, 0.25) is 5.91 Å². The normalized spacial score (nSPS) is 22.7. The molecule has 0 bridgehead atoms. The van der Waals surface area contributed by atoms with Gasteiger partial charge in [-0.1, -0.05) is 13.8 Å². The van der Waals surface area contributed by atoms with Gasteiger partial charge >= 0.3 is 5.97 Å². The van der Waals surface area contributed by atoms with Gasteiger partial charge in [-0.05, 0) is 31.2 Å². The summed E-state index contributed by atoms with van der Waals surface area (Å²) in [5, 5.41) is 5.46. The lowest BCUT2D eigenvalue weighted by molar-refractivity contribution is -0.166. The van der Waals surface area contributed by atoms with Crippen LogP contribution >= 0.6 is 0 Å². The minimum atomic E-state index is -1.02. The van der Waals surface area contributed by atoms with Gasteiger partial charge in [0, 0.05) is 36.2 Å². The highest BCUT2D eigenvalue weighted by Crippen LogP contribution is 2.50. The number of methoxy groups -OCH3 is 1. The van der Waals surface area contributed by atoms with Crippen LogP contribution in [0.1, 0.15) is 44.0 Å². The van der Waals surface area contributed by atoms with E-state index < -0.39 is 11.0 Å². The highest BCUT2D eigenvalue weighted by Gasteiger charge is 2.62. The Labute approximate surface area is 165 Å². The molecular weight excluding hydrogens is 362 g/mol. The van der Waals surface area contributed by atoms with Crippen molar-refractivity contribution in [3.05, 3.63) is 29.8 Å². The Hall–Kier alpha value is -2.45. The lowest BCUT2D eigenvalue weighted by atomic mass is 9.54. The molecule has 0 radical (unpaired) electrons. The molecule has 8 nitrogen and oxygen atoms in total. The molecule has 2 unspecified atom stereocenters. The average molecular weight is 391 g/mol. The number of nitrogens with one attached hydrogen (secondary N) is 2. The van der Waals surface area contributed by atoms with E-state index >= 15 is 0 Å². The monoisotopic (exact) mass is 391 g/mol. The molecule has 2 amide bonds. The number of ether oxygens (including phenoxy) is 2. The average Bonchev–Trinajstić information content (AvgIpc) is 2.67. The van der Waals surface area contributed by atoms with Crippen molar-refractivity contribution in [2.24, 2.45) is 11.1 Å². The lowest BCUT2D eigenvalue weighted by Crippen LogP contribution is -2.74. The SMILES string of the molecule is CCOC1CC(N)(C(=O)Nc2ccc(C(=O)NCCC(=O)OC)cc2)C1(C)C. The number of esters is 1. The van der Waals surface area contributed by atoms with Crippen molar-refractivity contribution in [2.75, 3.05) is 25.6 Å². The van der Waals surface area contributed by atoms with Crippen molar-refractivity contribution < 1.29 is 23.9 Å². The lowest BCUT2D eigenvalue weighted by Gasteiger charge is -2.57. The largest absolute Gasteiger partial charge is 0.469 e.